The van der Waals surface area contributed by atoms with Crippen molar-refractivity contribution in [3.8, 4) is 5.75 Å². The van der Waals surface area contributed by atoms with Crippen LogP contribution in [0.5, 0.6) is 5.75 Å². The van der Waals surface area contributed by atoms with Crippen LogP contribution in [-0.2, 0) is 5.41 Å². The van der Waals surface area contributed by atoms with Gasteiger partial charge in [0.05, 0.1) is 13.2 Å². The zero-order chi connectivity index (χ0) is 15.1. The molecule has 112 valence electrons. The summed E-state index contributed by atoms with van der Waals surface area (Å²) in [5.74, 6) is 0.395. The molecular formula is C17H20FNO2. The molecule has 4 heteroatoms. The van der Waals surface area contributed by atoms with Crippen LogP contribution in [0.15, 0.2) is 54.6 Å². The molecule has 0 aromatic heterocycles. The molecule has 0 saturated heterocycles. The molecule has 3 nitrogen and oxygen atoms in total. The average Bonchev–Trinajstić information content (AvgIpc) is 2.54. The average molecular weight is 289 g/mol. The molecule has 21 heavy (non-hydrogen) atoms. The van der Waals surface area contributed by atoms with Crippen molar-refractivity contribution in [1.29, 1.82) is 0 Å². The minimum absolute atomic E-state index is 0.155. The lowest BCUT2D eigenvalue weighted by Crippen LogP contribution is -2.41. The number of hydrogen-bond donors (Lipinski definition) is 2. The minimum atomic E-state index is -0.819. The van der Waals surface area contributed by atoms with Gasteiger partial charge < -0.3 is 15.6 Å². The third kappa shape index (κ3) is 3.60. The second kappa shape index (κ2) is 7.20. The molecule has 0 aliphatic heterocycles. The predicted molar refractivity (Wildman–Crippen MR) is 80.8 cm³/mol. The molecule has 0 saturated carbocycles. The largest absolute Gasteiger partial charge is 0.494 e. The zero-order valence-corrected chi connectivity index (χ0v) is 11.8. The summed E-state index contributed by atoms with van der Waals surface area (Å²) in [7, 11) is 0. The van der Waals surface area contributed by atoms with E-state index in [2.05, 4.69) is 0 Å². The smallest absolute Gasteiger partial charge is 0.127 e. The van der Waals surface area contributed by atoms with Crippen molar-refractivity contribution in [3.63, 3.8) is 0 Å². The van der Waals surface area contributed by atoms with E-state index < -0.39 is 5.41 Å². The second-order valence-corrected chi connectivity index (χ2v) is 5.03. The Balaban J connectivity index is 2.10. The van der Waals surface area contributed by atoms with Gasteiger partial charge in [-0.25, -0.2) is 4.39 Å². The fourth-order valence-electron chi connectivity index (χ4n) is 2.35. The Kier molecular flexibility index (Phi) is 5.31. The lowest BCUT2D eigenvalue weighted by atomic mass is 9.78. The van der Waals surface area contributed by atoms with Crippen LogP contribution in [0.4, 0.5) is 4.39 Å². The van der Waals surface area contributed by atoms with Gasteiger partial charge in [-0.3, -0.25) is 0 Å². The zero-order valence-electron chi connectivity index (χ0n) is 11.8. The minimum Gasteiger partial charge on any atom is -0.494 e. The highest BCUT2D eigenvalue weighted by Gasteiger charge is 2.32. The first-order valence-electron chi connectivity index (χ1n) is 6.95. The van der Waals surface area contributed by atoms with E-state index >= 15 is 0 Å². The molecule has 0 bridgehead atoms. The summed E-state index contributed by atoms with van der Waals surface area (Å²) in [4.78, 5) is 0. The first kappa shape index (κ1) is 15.5. The van der Waals surface area contributed by atoms with Crippen molar-refractivity contribution in [3.05, 3.63) is 66.0 Å². The summed E-state index contributed by atoms with van der Waals surface area (Å²) in [5, 5.41) is 9.75. The number of aliphatic hydroxyl groups excluding tert-OH is 1. The second-order valence-electron chi connectivity index (χ2n) is 5.03. The van der Waals surface area contributed by atoms with Gasteiger partial charge >= 0.3 is 0 Å². The molecule has 0 aliphatic carbocycles. The van der Waals surface area contributed by atoms with Crippen LogP contribution in [0, 0.1) is 5.82 Å². The van der Waals surface area contributed by atoms with Gasteiger partial charge in [0, 0.05) is 12.0 Å². The van der Waals surface area contributed by atoms with E-state index in [9.17, 15) is 9.50 Å². The highest BCUT2D eigenvalue weighted by atomic mass is 19.1. The van der Waals surface area contributed by atoms with E-state index in [0.717, 1.165) is 5.75 Å². The first-order valence-corrected chi connectivity index (χ1v) is 6.95. The molecule has 2 aromatic rings. The first-order chi connectivity index (χ1) is 10.2. The standard InChI is InChI=1S/C17H20FNO2/c18-16-9-5-4-8-15(16)17(12-19,13-20)10-11-21-14-6-2-1-3-7-14/h1-9,20H,10-13,19H2. The fraction of sp³-hybridized carbons (Fsp3) is 0.294. The topological polar surface area (TPSA) is 55.5 Å². The number of nitrogens with two attached hydrogens (primary N) is 1. The van der Waals surface area contributed by atoms with Gasteiger partial charge in [0.15, 0.2) is 0 Å². The van der Waals surface area contributed by atoms with Crippen LogP contribution in [0.2, 0.25) is 0 Å². The van der Waals surface area contributed by atoms with E-state index in [4.69, 9.17) is 10.5 Å². The molecule has 2 rings (SSSR count). The van der Waals surface area contributed by atoms with Crippen LogP contribution >= 0.6 is 0 Å². The Morgan fingerprint density at radius 2 is 1.71 bits per heavy atom. The number of hydrogen-bond acceptors (Lipinski definition) is 3. The predicted octanol–water partition coefficient (Wildman–Crippen LogP) is 2.48. The Labute approximate surface area is 124 Å². The van der Waals surface area contributed by atoms with Crippen molar-refractivity contribution in [2.24, 2.45) is 5.73 Å². The number of ether oxygens (including phenoxy) is 1. The summed E-state index contributed by atoms with van der Waals surface area (Å²) in [6, 6.07) is 15.8. The molecule has 0 spiro atoms. The van der Waals surface area contributed by atoms with E-state index in [0.29, 0.717) is 18.6 Å². The summed E-state index contributed by atoms with van der Waals surface area (Å²) in [6.45, 7) is 0.293. The summed E-state index contributed by atoms with van der Waals surface area (Å²) >= 11 is 0. The van der Waals surface area contributed by atoms with Gasteiger partial charge in [-0.05, 0) is 30.2 Å². The third-order valence-electron chi connectivity index (χ3n) is 3.73. The Hall–Kier alpha value is -1.91. The molecule has 0 aliphatic rings. The number of rotatable bonds is 7. The molecule has 0 radical (unpaired) electrons. The number of benzene rings is 2. The van der Waals surface area contributed by atoms with Crippen LogP contribution in [0.1, 0.15) is 12.0 Å². The Morgan fingerprint density at radius 1 is 1.05 bits per heavy atom. The molecule has 1 unspecified atom stereocenters. The fourth-order valence-corrected chi connectivity index (χ4v) is 2.35. The summed E-state index contributed by atoms with van der Waals surface area (Å²) in [5.41, 5.74) is 5.43. The SMILES string of the molecule is NCC(CO)(CCOc1ccccc1)c1ccccc1F. The van der Waals surface area contributed by atoms with Gasteiger partial charge in [-0.1, -0.05) is 36.4 Å². The molecule has 1 atom stereocenters. The maximum absolute atomic E-state index is 14.0. The normalized spacial score (nSPS) is 13.7. The van der Waals surface area contributed by atoms with Crippen LogP contribution in [-0.4, -0.2) is 24.9 Å². The van der Waals surface area contributed by atoms with E-state index in [1.54, 1.807) is 18.2 Å². The maximum Gasteiger partial charge on any atom is 0.127 e. The van der Waals surface area contributed by atoms with E-state index in [1.165, 1.54) is 6.07 Å². The number of para-hydroxylation sites is 1. The van der Waals surface area contributed by atoms with Crippen molar-refractivity contribution >= 4 is 0 Å². The van der Waals surface area contributed by atoms with E-state index in [1.807, 2.05) is 30.3 Å². The summed E-state index contributed by atoms with van der Waals surface area (Å²) in [6.07, 6.45) is 0.440. The van der Waals surface area contributed by atoms with Crippen molar-refractivity contribution < 1.29 is 14.2 Å². The molecule has 2 aromatic carbocycles. The quantitative estimate of drug-likeness (QED) is 0.823. The molecular weight excluding hydrogens is 269 g/mol. The third-order valence-corrected chi connectivity index (χ3v) is 3.73. The van der Waals surface area contributed by atoms with Gasteiger partial charge in [-0.15, -0.1) is 0 Å². The van der Waals surface area contributed by atoms with Crippen molar-refractivity contribution in [2.45, 2.75) is 11.8 Å². The number of aliphatic hydroxyl groups is 1. The highest BCUT2D eigenvalue weighted by molar-refractivity contribution is 5.28. The molecule has 0 heterocycles. The van der Waals surface area contributed by atoms with Crippen molar-refractivity contribution in [2.75, 3.05) is 19.8 Å². The Bertz CT molecular complexity index is 556. The maximum atomic E-state index is 14.0. The van der Waals surface area contributed by atoms with E-state index in [-0.39, 0.29) is 19.0 Å². The van der Waals surface area contributed by atoms with Gasteiger partial charge in [0.1, 0.15) is 11.6 Å². The van der Waals surface area contributed by atoms with Gasteiger partial charge in [-0.2, -0.15) is 0 Å². The van der Waals surface area contributed by atoms with Crippen molar-refractivity contribution in [1.82, 2.24) is 0 Å². The number of halogens is 1. The van der Waals surface area contributed by atoms with Gasteiger partial charge in [0.25, 0.3) is 0 Å². The molecule has 3 N–H and O–H groups in total. The highest BCUT2D eigenvalue weighted by Crippen LogP contribution is 2.29. The lowest BCUT2D eigenvalue weighted by molar-refractivity contribution is 0.160. The van der Waals surface area contributed by atoms with Gasteiger partial charge in [0.2, 0.25) is 0 Å². The summed E-state index contributed by atoms with van der Waals surface area (Å²) < 4.78 is 19.6. The Morgan fingerprint density at radius 3 is 2.33 bits per heavy atom. The van der Waals surface area contributed by atoms with Crippen LogP contribution in [0.3, 0.4) is 0 Å². The lowest BCUT2D eigenvalue weighted by Gasteiger charge is -2.31. The molecule has 0 amide bonds. The monoisotopic (exact) mass is 289 g/mol. The van der Waals surface area contributed by atoms with Crippen LogP contribution in [0.25, 0.3) is 0 Å². The van der Waals surface area contributed by atoms with Crippen LogP contribution < -0.4 is 10.5 Å². The molecule has 0 fully saturated rings.